The van der Waals surface area contributed by atoms with Crippen molar-refractivity contribution in [3.05, 3.63) is 0 Å². The zero-order chi connectivity index (χ0) is 34.7. The Morgan fingerprint density at radius 1 is 0.783 bits per heavy atom. The number of nitrogens with zero attached hydrogens (tertiary/aromatic N) is 2. The molecule has 1 unspecified atom stereocenters. The summed E-state index contributed by atoms with van der Waals surface area (Å²) in [5.74, 6) is -0.105. The van der Waals surface area contributed by atoms with Crippen molar-refractivity contribution >= 4 is 5.97 Å². The lowest BCUT2D eigenvalue weighted by Gasteiger charge is -2.22. The van der Waals surface area contributed by atoms with Gasteiger partial charge in [0.1, 0.15) is 19.1 Å². The van der Waals surface area contributed by atoms with Crippen LogP contribution in [0.15, 0.2) is 0 Å². The normalized spacial score (nSPS) is 16.9. The SMILES string of the molecule is CC.CCC.CCCCCCCCC(CCCCCC)OCOCCCCCCCCN1C[C@@H](OC(=O)CCN(C)C)C[C@H]1OC. The van der Waals surface area contributed by atoms with Gasteiger partial charge >= 0.3 is 5.97 Å². The highest BCUT2D eigenvalue weighted by Crippen LogP contribution is 2.22. The maximum Gasteiger partial charge on any atom is 0.307 e. The largest absolute Gasteiger partial charge is 0.461 e. The molecule has 278 valence electrons. The van der Waals surface area contributed by atoms with E-state index in [9.17, 15) is 4.79 Å². The smallest absolute Gasteiger partial charge is 0.307 e. The van der Waals surface area contributed by atoms with Crippen LogP contribution in [-0.4, -0.2) is 88.4 Å². The molecule has 1 aliphatic rings. The summed E-state index contributed by atoms with van der Waals surface area (Å²) in [5.41, 5.74) is 0. The molecule has 0 N–H and O–H groups in total. The Bertz CT molecular complexity index is 607. The predicted octanol–water partition coefficient (Wildman–Crippen LogP) is 10.4. The number of unbranched alkanes of at least 4 members (excludes halogenated alkanes) is 13. The van der Waals surface area contributed by atoms with E-state index in [0.717, 1.165) is 45.5 Å². The van der Waals surface area contributed by atoms with E-state index >= 15 is 0 Å². The van der Waals surface area contributed by atoms with Crippen molar-refractivity contribution in [2.24, 2.45) is 0 Å². The molecular weight excluding hydrogens is 576 g/mol. The third kappa shape index (κ3) is 30.6. The van der Waals surface area contributed by atoms with Crippen LogP contribution < -0.4 is 0 Å². The van der Waals surface area contributed by atoms with E-state index in [1.807, 2.05) is 32.8 Å². The van der Waals surface area contributed by atoms with Crippen molar-refractivity contribution < 1.29 is 23.7 Å². The fourth-order valence-electron chi connectivity index (χ4n) is 5.64. The average molecular weight is 659 g/mol. The maximum absolute atomic E-state index is 12.1. The molecule has 7 heteroatoms. The molecule has 0 aromatic rings. The van der Waals surface area contributed by atoms with Crippen molar-refractivity contribution in [2.45, 2.75) is 195 Å². The fourth-order valence-corrected chi connectivity index (χ4v) is 5.64. The van der Waals surface area contributed by atoms with Crippen molar-refractivity contribution in [3.8, 4) is 0 Å². The molecule has 0 aliphatic carbocycles. The van der Waals surface area contributed by atoms with Crippen LogP contribution in [0.4, 0.5) is 0 Å². The number of ether oxygens (including phenoxy) is 4. The number of hydrogen-bond donors (Lipinski definition) is 0. The number of hydrogen-bond acceptors (Lipinski definition) is 7. The van der Waals surface area contributed by atoms with Gasteiger partial charge < -0.3 is 23.8 Å². The van der Waals surface area contributed by atoms with Crippen molar-refractivity contribution in [2.75, 3.05) is 54.2 Å². The molecule has 0 bridgehead atoms. The van der Waals surface area contributed by atoms with Gasteiger partial charge in [-0.15, -0.1) is 0 Å². The minimum absolute atomic E-state index is 0.0505. The van der Waals surface area contributed by atoms with Crippen LogP contribution in [0.3, 0.4) is 0 Å². The Balaban J connectivity index is 0. The summed E-state index contributed by atoms with van der Waals surface area (Å²) in [6.45, 7) is 16.6. The first-order chi connectivity index (χ1) is 22.4. The molecule has 0 saturated carbocycles. The van der Waals surface area contributed by atoms with Gasteiger partial charge in [-0.2, -0.15) is 0 Å². The zero-order valence-corrected chi connectivity index (χ0v) is 32.6. The summed E-state index contributed by atoms with van der Waals surface area (Å²) in [6, 6.07) is 0. The molecule has 1 aliphatic heterocycles. The molecule has 1 saturated heterocycles. The summed E-state index contributed by atoms with van der Waals surface area (Å²) in [7, 11) is 5.70. The van der Waals surface area contributed by atoms with E-state index in [-0.39, 0.29) is 18.3 Å². The summed E-state index contributed by atoms with van der Waals surface area (Å²) < 4.78 is 23.4. The number of esters is 1. The van der Waals surface area contributed by atoms with Crippen molar-refractivity contribution in [1.82, 2.24) is 9.80 Å². The Kier molecular flexibility index (Phi) is 38.2. The van der Waals surface area contributed by atoms with Gasteiger partial charge in [0.25, 0.3) is 0 Å². The molecule has 1 fully saturated rings. The van der Waals surface area contributed by atoms with E-state index in [1.165, 1.54) is 109 Å². The lowest BCUT2D eigenvalue weighted by Crippen LogP contribution is -2.32. The van der Waals surface area contributed by atoms with Crippen LogP contribution in [0, 0.1) is 0 Å². The van der Waals surface area contributed by atoms with Crippen molar-refractivity contribution in [3.63, 3.8) is 0 Å². The molecule has 0 radical (unpaired) electrons. The van der Waals surface area contributed by atoms with Crippen LogP contribution >= 0.6 is 0 Å². The lowest BCUT2D eigenvalue weighted by atomic mass is 10.0. The average Bonchev–Trinajstić information content (AvgIpc) is 3.44. The Morgan fingerprint density at radius 3 is 1.87 bits per heavy atom. The highest BCUT2D eigenvalue weighted by molar-refractivity contribution is 5.69. The molecule has 46 heavy (non-hydrogen) atoms. The lowest BCUT2D eigenvalue weighted by molar-refractivity contribution is -0.148. The zero-order valence-electron chi connectivity index (χ0n) is 32.6. The third-order valence-corrected chi connectivity index (χ3v) is 8.27. The minimum atomic E-state index is -0.105. The van der Waals surface area contributed by atoms with Crippen LogP contribution in [0.2, 0.25) is 0 Å². The second-order valence-electron chi connectivity index (χ2n) is 13.1. The van der Waals surface area contributed by atoms with Gasteiger partial charge in [0.15, 0.2) is 0 Å². The quantitative estimate of drug-likeness (QED) is 0.0450. The predicted molar refractivity (Wildman–Crippen MR) is 197 cm³/mol. The van der Waals surface area contributed by atoms with Gasteiger partial charge in [-0.3, -0.25) is 9.69 Å². The number of rotatable bonds is 29. The molecule has 0 amide bonds. The maximum atomic E-state index is 12.1. The van der Waals surface area contributed by atoms with Crippen LogP contribution in [-0.2, 0) is 23.7 Å². The molecule has 0 aromatic carbocycles. The molecular formula is C39H82N2O5. The summed E-state index contributed by atoms with van der Waals surface area (Å²) in [6.07, 6.45) is 25.7. The number of likely N-dealkylation sites (tertiary alicyclic amines) is 1. The Labute approximate surface area is 288 Å². The standard InChI is InChI=1S/C34H68N2O5.C3H8.C2H6/c1-6-8-10-12-15-19-23-31(22-18-11-9-7-2)40-30-39-27-21-17-14-13-16-20-25-36-29-32(28-33(36)38-5)41-34(37)24-26-35(3)4;1-3-2;1-2/h31-33H,6-30H2,1-5H3;3H2,1-2H3;1-2H3/t31?,32-,33+;;/m0../s1. The first-order valence-electron chi connectivity index (χ1n) is 19.7. The molecule has 0 aromatic heterocycles. The third-order valence-electron chi connectivity index (χ3n) is 8.27. The van der Waals surface area contributed by atoms with Gasteiger partial charge in [-0.1, -0.05) is 138 Å². The van der Waals surface area contributed by atoms with Crippen molar-refractivity contribution in [1.29, 1.82) is 0 Å². The monoisotopic (exact) mass is 659 g/mol. The van der Waals surface area contributed by atoms with Gasteiger partial charge in [-0.05, 0) is 39.8 Å². The number of methoxy groups -OCH3 is 1. The van der Waals surface area contributed by atoms with Gasteiger partial charge in [0.2, 0.25) is 0 Å². The van der Waals surface area contributed by atoms with Crippen LogP contribution in [0.5, 0.6) is 0 Å². The number of carbonyl (C=O) groups excluding carboxylic acids is 1. The molecule has 7 nitrogen and oxygen atoms in total. The van der Waals surface area contributed by atoms with E-state index in [0.29, 0.717) is 19.3 Å². The Hall–Kier alpha value is -0.730. The fraction of sp³-hybridized carbons (Fsp3) is 0.974. The van der Waals surface area contributed by atoms with Crippen LogP contribution in [0.25, 0.3) is 0 Å². The van der Waals surface area contributed by atoms with E-state index in [1.54, 1.807) is 7.11 Å². The highest BCUT2D eigenvalue weighted by Gasteiger charge is 2.33. The molecule has 0 spiro atoms. The number of carbonyl (C=O) groups is 1. The minimum Gasteiger partial charge on any atom is -0.461 e. The first kappa shape index (κ1) is 47.4. The highest BCUT2D eigenvalue weighted by atomic mass is 16.7. The molecule has 3 atom stereocenters. The topological polar surface area (TPSA) is 60.5 Å². The second kappa shape index (κ2) is 37.1. The summed E-state index contributed by atoms with van der Waals surface area (Å²) >= 11 is 0. The van der Waals surface area contributed by atoms with Gasteiger partial charge in [-0.25, -0.2) is 0 Å². The van der Waals surface area contributed by atoms with E-state index in [4.69, 9.17) is 18.9 Å². The van der Waals surface area contributed by atoms with Gasteiger partial charge in [0.05, 0.1) is 12.5 Å². The summed E-state index contributed by atoms with van der Waals surface area (Å²) in [5, 5.41) is 0. The first-order valence-corrected chi connectivity index (χ1v) is 19.7. The second-order valence-corrected chi connectivity index (χ2v) is 13.1. The van der Waals surface area contributed by atoms with E-state index < -0.39 is 0 Å². The molecule has 1 heterocycles. The summed E-state index contributed by atoms with van der Waals surface area (Å²) in [4.78, 5) is 16.4. The molecule has 1 rings (SSSR count). The Morgan fingerprint density at radius 2 is 1.30 bits per heavy atom. The van der Waals surface area contributed by atoms with E-state index in [2.05, 4.69) is 32.6 Å². The van der Waals surface area contributed by atoms with Crippen LogP contribution in [0.1, 0.15) is 176 Å². The van der Waals surface area contributed by atoms with Gasteiger partial charge in [0, 0.05) is 39.8 Å².